The van der Waals surface area contributed by atoms with Crippen molar-refractivity contribution in [3.63, 3.8) is 0 Å². The Morgan fingerprint density at radius 1 is 1.35 bits per heavy atom. The van der Waals surface area contributed by atoms with Crippen LogP contribution in [-0.4, -0.2) is 11.8 Å². The van der Waals surface area contributed by atoms with Crippen LogP contribution in [-0.2, 0) is 9.59 Å². The third-order valence-electron chi connectivity index (χ3n) is 4.42. The zero-order chi connectivity index (χ0) is 14.3. The van der Waals surface area contributed by atoms with Gasteiger partial charge in [-0.2, -0.15) is 0 Å². The second-order valence-corrected chi connectivity index (χ2v) is 6.38. The van der Waals surface area contributed by atoms with Crippen molar-refractivity contribution < 1.29 is 14.0 Å². The lowest BCUT2D eigenvalue weighted by Gasteiger charge is -2.40. The van der Waals surface area contributed by atoms with Crippen LogP contribution in [0.2, 0.25) is 0 Å². The molecule has 2 unspecified atom stereocenters. The zero-order valence-electron chi connectivity index (χ0n) is 11.5. The third-order valence-corrected chi connectivity index (χ3v) is 4.42. The van der Waals surface area contributed by atoms with E-state index in [-0.39, 0.29) is 17.6 Å². The van der Waals surface area contributed by atoms with Gasteiger partial charge in [0.05, 0.1) is 5.92 Å². The van der Waals surface area contributed by atoms with E-state index in [0.717, 1.165) is 6.42 Å². The fourth-order valence-corrected chi connectivity index (χ4v) is 3.45. The second kappa shape index (κ2) is 4.69. The van der Waals surface area contributed by atoms with Crippen LogP contribution < -0.4 is 5.32 Å². The Labute approximate surface area is 117 Å². The number of carbonyl (C=O) groups excluding carboxylic acids is 2. The molecule has 1 heterocycles. The van der Waals surface area contributed by atoms with Gasteiger partial charge in [0.1, 0.15) is 5.82 Å². The number of hydrogen-bond acceptors (Lipinski definition) is 2. The highest BCUT2D eigenvalue weighted by Gasteiger charge is 2.48. The smallest absolute Gasteiger partial charge is 0.234 e. The van der Waals surface area contributed by atoms with Crippen LogP contribution in [0.1, 0.15) is 44.1 Å². The molecule has 3 rings (SSSR count). The molecule has 1 saturated heterocycles. The number of imide groups is 1. The van der Waals surface area contributed by atoms with Gasteiger partial charge in [0.25, 0.3) is 0 Å². The first-order chi connectivity index (χ1) is 9.48. The fraction of sp³-hybridized carbons (Fsp3) is 0.500. The Kier molecular flexibility index (Phi) is 3.11. The average molecular weight is 275 g/mol. The maximum atomic E-state index is 13.5. The first-order valence-corrected chi connectivity index (χ1v) is 7.07. The number of carbonyl (C=O) groups is 2. The molecule has 1 aromatic carbocycles. The molecular weight excluding hydrogens is 257 g/mol. The summed E-state index contributed by atoms with van der Waals surface area (Å²) >= 11 is 0. The summed E-state index contributed by atoms with van der Waals surface area (Å²) in [5.41, 5.74) is 0.257. The molecule has 2 amide bonds. The van der Waals surface area contributed by atoms with Gasteiger partial charge in [0.15, 0.2) is 0 Å². The van der Waals surface area contributed by atoms with Gasteiger partial charge >= 0.3 is 0 Å². The van der Waals surface area contributed by atoms with Crippen LogP contribution in [0.15, 0.2) is 24.3 Å². The Balaban J connectivity index is 1.98. The van der Waals surface area contributed by atoms with E-state index in [1.807, 2.05) is 6.92 Å². The van der Waals surface area contributed by atoms with E-state index in [2.05, 4.69) is 5.32 Å². The summed E-state index contributed by atoms with van der Waals surface area (Å²) in [6, 6.07) is 6.17. The summed E-state index contributed by atoms with van der Waals surface area (Å²) in [6.07, 6.45) is 3.52. The summed E-state index contributed by atoms with van der Waals surface area (Å²) in [4.78, 5) is 24.0. The average Bonchev–Trinajstić information content (AvgIpc) is 3.10. The number of piperidine rings is 1. The SMILES string of the molecule is CC1(CC2CC2)CC(=O)NC(=O)C1c1cccc(F)c1. The summed E-state index contributed by atoms with van der Waals surface area (Å²) < 4.78 is 13.5. The predicted molar refractivity (Wildman–Crippen MR) is 72.4 cm³/mol. The van der Waals surface area contributed by atoms with E-state index in [0.29, 0.717) is 17.9 Å². The van der Waals surface area contributed by atoms with E-state index >= 15 is 0 Å². The van der Waals surface area contributed by atoms with Gasteiger partial charge in [0, 0.05) is 6.42 Å². The molecule has 0 spiro atoms. The van der Waals surface area contributed by atoms with E-state index in [1.54, 1.807) is 12.1 Å². The monoisotopic (exact) mass is 275 g/mol. The Morgan fingerprint density at radius 3 is 2.75 bits per heavy atom. The molecular formula is C16H18FNO2. The lowest BCUT2D eigenvalue weighted by molar-refractivity contribution is -0.139. The van der Waals surface area contributed by atoms with Crippen LogP contribution in [0.3, 0.4) is 0 Å². The van der Waals surface area contributed by atoms with Gasteiger partial charge in [-0.15, -0.1) is 0 Å². The van der Waals surface area contributed by atoms with Crippen molar-refractivity contribution in [2.75, 3.05) is 0 Å². The minimum atomic E-state index is -0.448. The predicted octanol–water partition coefficient (Wildman–Crippen LogP) is 2.76. The Hall–Kier alpha value is -1.71. The molecule has 1 aromatic rings. The van der Waals surface area contributed by atoms with Crippen LogP contribution in [0, 0.1) is 17.2 Å². The molecule has 3 nitrogen and oxygen atoms in total. The first kappa shape index (κ1) is 13.3. The lowest BCUT2D eigenvalue weighted by atomic mass is 9.66. The quantitative estimate of drug-likeness (QED) is 0.862. The minimum absolute atomic E-state index is 0.217. The summed E-state index contributed by atoms with van der Waals surface area (Å²) in [5, 5.41) is 2.40. The number of halogens is 1. The van der Waals surface area contributed by atoms with Crippen molar-refractivity contribution in [2.45, 2.75) is 38.5 Å². The number of benzene rings is 1. The third kappa shape index (κ3) is 2.47. The van der Waals surface area contributed by atoms with Gasteiger partial charge in [-0.25, -0.2) is 4.39 Å². The van der Waals surface area contributed by atoms with Crippen molar-refractivity contribution in [2.24, 2.45) is 11.3 Å². The molecule has 0 bridgehead atoms. The second-order valence-electron chi connectivity index (χ2n) is 6.38. The maximum Gasteiger partial charge on any atom is 0.234 e. The number of rotatable bonds is 3. The van der Waals surface area contributed by atoms with Crippen LogP contribution in [0.5, 0.6) is 0 Å². The minimum Gasteiger partial charge on any atom is -0.296 e. The van der Waals surface area contributed by atoms with E-state index in [1.165, 1.54) is 25.0 Å². The highest BCUT2D eigenvalue weighted by atomic mass is 19.1. The van der Waals surface area contributed by atoms with E-state index < -0.39 is 11.3 Å². The lowest BCUT2D eigenvalue weighted by Crippen LogP contribution is -2.49. The molecule has 1 aliphatic heterocycles. The van der Waals surface area contributed by atoms with E-state index in [9.17, 15) is 14.0 Å². The number of nitrogens with one attached hydrogen (secondary N) is 1. The van der Waals surface area contributed by atoms with Crippen LogP contribution in [0.25, 0.3) is 0 Å². The van der Waals surface area contributed by atoms with Gasteiger partial charge < -0.3 is 0 Å². The molecule has 2 fully saturated rings. The van der Waals surface area contributed by atoms with Gasteiger partial charge in [-0.1, -0.05) is 31.9 Å². The molecule has 20 heavy (non-hydrogen) atoms. The van der Waals surface area contributed by atoms with Crippen molar-refractivity contribution in [1.82, 2.24) is 5.32 Å². The summed E-state index contributed by atoms with van der Waals surface area (Å²) in [5.74, 6) is -0.701. The van der Waals surface area contributed by atoms with Gasteiger partial charge in [-0.3, -0.25) is 14.9 Å². The molecule has 0 aromatic heterocycles. The molecule has 0 radical (unpaired) electrons. The normalized spacial score (nSPS) is 30.2. The summed E-state index contributed by atoms with van der Waals surface area (Å²) in [6.45, 7) is 1.98. The van der Waals surface area contributed by atoms with Crippen molar-refractivity contribution >= 4 is 11.8 Å². The standard InChI is InChI=1S/C16H18FNO2/c1-16(8-10-5-6-10)9-13(19)18-15(20)14(16)11-3-2-4-12(17)7-11/h2-4,7,10,14H,5-6,8-9H2,1H3,(H,18,19,20). The van der Waals surface area contributed by atoms with Crippen molar-refractivity contribution in [3.05, 3.63) is 35.6 Å². The van der Waals surface area contributed by atoms with E-state index in [4.69, 9.17) is 0 Å². The molecule has 4 heteroatoms. The molecule has 2 aliphatic rings. The molecule has 1 aliphatic carbocycles. The maximum absolute atomic E-state index is 13.5. The Morgan fingerprint density at radius 2 is 2.10 bits per heavy atom. The molecule has 1 N–H and O–H groups in total. The van der Waals surface area contributed by atoms with Gasteiger partial charge in [0.2, 0.25) is 11.8 Å². The van der Waals surface area contributed by atoms with Gasteiger partial charge in [-0.05, 0) is 35.4 Å². The van der Waals surface area contributed by atoms with Crippen molar-refractivity contribution in [1.29, 1.82) is 0 Å². The largest absolute Gasteiger partial charge is 0.296 e. The highest BCUT2D eigenvalue weighted by molar-refractivity contribution is 6.02. The molecule has 2 atom stereocenters. The Bertz CT molecular complexity index is 567. The zero-order valence-corrected chi connectivity index (χ0v) is 11.5. The summed E-state index contributed by atoms with van der Waals surface area (Å²) in [7, 11) is 0. The molecule has 1 saturated carbocycles. The topological polar surface area (TPSA) is 46.2 Å². The fourth-order valence-electron chi connectivity index (χ4n) is 3.45. The number of hydrogen-bond donors (Lipinski definition) is 1. The molecule has 106 valence electrons. The van der Waals surface area contributed by atoms with Crippen LogP contribution in [0.4, 0.5) is 4.39 Å². The number of amides is 2. The first-order valence-electron chi connectivity index (χ1n) is 7.07. The van der Waals surface area contributed by atoms with Crippen molar-refractivity contribution in [3.8, 4) is 0 Å². The van der Waals surface area contributed by atoms with Crippen LogP contribution >= 0.6 is 0 Å². The highest BCUT2D eigenvalue weighted by Crippen LogP contribution is 2.50.